The number of pyridine rings is 1. The molecule has 2 N–H and O–H groups in total. The predicted octanol–water partition coefficient (Wildman–Crippen LogP) is 0.325. The van der Waals surface area contributed by atoms with Crippen LogP contribution < -0.4 is 5.56 Å². The summed E-state index contributed by atoms with van der Waals surface area (Å²) in [5, 5.41) is 9.38. The number of H-pyrrole nitrogens is 1. The number of nitrogens with one attached hydrogen (secondary N) is 1. The molecule has 0 unspecified atom stereocenters. The van der Waals surface area contributed by atoms with Crippen molar-refractivity contribution in [2.75, 3.05) is 0 Å². The normalized spacial score (nSPS) is 10.5. The molecule has 0 spiro atoms. The number of fused-ring (bicyclic) bond motifs is 1. The SMILES string of the molecule is Cc1c(C(=O)O)c(=O)[nH]c2ncncc12. The number of aromatic amines is 1. The molecule has 0 aliphatic heterocycles. The maximum atomic E-state index is 11.4. The number of hydrogen-bond donors (Lipinski definition) is 2. The van der Waals surface area contributed by atoms with Crippen LogP contribution in [-0.2, 0) is 0 Å². The molecule has 0 bridgehead atoms. The minimum absolute atomic E-state index is 0.266. The molecular weight excluding hydrogens is 198 g/mol. The Morgan fingerprint density at radius 1 is 1.53 bits per heavy atom. The topological polar surface area (TPSA) is 95.9 Å². The zero-order valence-corrected chi connectivity index (χ0v) is 7.81. The maximum Gasteiger partial charge on any atom is 0.341 e. The summed E-state index contributed by atoms with van der Waals surface area (Å²) in [6.45, 7) is 1.56. The second-order valence-electron chi connectivity index (χ2n) is 3.04. The molecule has 2 rings (SSSR count). The molecule has 0 radical (unpaired) electrons. The number of rotatable bonds is 1. The number of carbonyl (C=O) groups is 1. The van der Waals surface area contributed by atoms with E-state index in [9.17, 15) is 9.59 Å². The van der Waals surface area contributed by atoms with Crippen LogP contribution in [0.25, 0.3) is 11.0 Å². The van der Waals surface area contributed by atoms with Gasteiger partial charge in [-0.15, -0.1) is 0 Å². The first-order valence-electron chi connectivity index (χ1n) is 4.17. The second-order valence-corrected chi connectivity index (χ2v) is 3.04. The smallest absolute Gasteiger partial charge is 0.341 e. The van der Waals surface area contributed by atoms with Gasteiger partial charge in [0.2, 0.25) is 0 Å². The first kappa shape index (κ1) is 9.32. The van der Waals surface area contributed by atoms with Crippen LogP contribution in [0.2, 0.25) is 0 Å². The Morgan fingerprint density at radius 2 is 2.27 bits per heavy atom. The van der Waals surface area contributed by atoms with Gasteiger partial charge in [0.1, 0.15) is 17.5 Å². The molecule has 0 aliphatic carbocycles. The zero-order chi connectivity index (χ0) is 11.0. The summed E-state index contributed by atoms with van der Waals surface area (Å²) in [7, 11) is 0. The molecule has 0 aromatic carbocycles. The Bertz CT molecular complexity index is 603. The number of hydrogen-bond acceptors (Lipinski definition) is 4. The van der Waals surface area contributed by atoms with Crippen LogP contribution in [0, 0.1) is 6.92 Å². The van der Waals surface area contributed by atoms with Crippen LogP contribution in [0.1, 0.15) is 15.9 Å². The van der Waals surface area contributed by atoms with Gasteiger partial charge < -0.3 is 10.1 Å². The predicted molar refractivity (Wildman–Crippen MR) is 51.9 cm³/mol. The van der Waals surface area contributed by atoms with Crippen LogP contribution in [0.5, 0.6) is 0 Å². The lowest BCUT2D eigenvalue weighted by Gasteiger charge is -2.03. The third-order valence-corrected chi connectivity index (χ3v) is 2.16. The molecule has 0 aliphatic rings. The van der Waals surface area contributed by atoms with Gasteiger partial charge in [-0.3, -0.25) is 4.79 Å². The van der Waals surface area contributed by atoms with Crippen LogP contribution in [0.15, 0.2) is 17.3 Å². The molecule has 0 amide bonds. The Kier molecular flexibility index (Phi) is 1.96. The maximum absolute atomic E-state index is 11.4. The van der Waals surface area contributed by atoms with E-state index in [1.807, 2.05) is 0 Å². The lowest BCUT2D eigenvalue weighted by molar-refractivity contribution is 0.0694. The quantitative estimate of drug-likeness (QED) is 0.699. The van der Waals surface area contributed by atoms with E-state index in [1.54, 1.807) is 6.92 Å². The van der Waals surface area contributed by atoms with Crippen molar-refractivity contribution in [3.05, 3.63) is 34.0 Å². The fourth-order valence-electron chi connectivity index (χ4n) is 1.44. The van der Waals surface area contributed by atoms with Gasteiger partial charge in [0, 0.05) is 11.6 Å². The molecule has 0 atom stereocenters. The van der Waals surface area contributed by atoms with Crippen molar-refractivity contribution in [3.63, 3.8) is 0 Å². The summed E-state index contributed by atoms with van der Waals surface area (Å²) >= 11 is 0. The largest absolute Gasteiger partial charge is 0.477 e. The van der Waals surface area contributed by atoms with E-state index in [-0.39, 0.29) is 5.56 Å². The molecule has 2 aromatic rings. The number of aromatic carboxylic acids is 1. The first-order chi connectivity index (χ1) is 7.11. The van der Waals surface area contributed by atoms with Crippen molar-refractivity contribution in [1.29, 1.82) is 0 Å². The third-order valence-electron chi connectivity index (χ3n) is 2.16. The summed E-state index contributed by atoms with van der Waals surface area (Å²) in [5.41, 5.74) is -0.192. The average Bonchev–Trinajstić information content (AvgIpc) is 2.17. The fourth-order valence-corrected chi connectivity index (χ4v) is 1.44. The van der Waals surface area contributed by atoms with Crippen LogP contribution in [-0.4, -0.2) is 26.0 Å². The molecule has 0 saturated carbocycles. The lowest BCUT2D eigenvalue weighted by Crippen LogP contribution is -2.20. The molecular formula is C9H7N3O3. The van der Waals surface area contributed by atoms with E-state index in [4.69, 9.17) is 5.11 Å². The Labute approximate surface area is 83.6 Å². The Hall–Kier alpha value is -2.24. The lowest BCUT2D eigenvalue weighted by atomic mass is 10.1. The summed E-state index contributed by atoms with van der Waals surface area (Å²) in [4.78, 5) is 32.2. The summed E-state index contributed by atoms with van der Waals surface area (Å²) in [6, 6.07) is 0. The van der Waals surface area contributed by atoms with E-state index >= 15 is 0 Å². The van der Waals surface area contributed by atoms with Crippen molar-refractivity contribution in [1.82, 2.24) is 15.0 Å². The van der Waals surface area contributed by atoms with Gasteiger partial charge in [0.25, 0.3) is 5.56 Å². The van der Waals surface area contributed by atoms with Gasteiger partial charge in [-0.05, 0) is 12.5 Å². The van der Waals surface area contributed by atoms with E-state index in [2.05, 4.69) is 15.0 Å². The number of carboxylic acids is 1. The van der Waals surface area contributed by atoms with Crippen molar-refractivity contribution in [2.45, 2.75) is 6.92 Å². The van der Waals surface area contributed by atoms with Crippen molar-refractivity contribution >= 4 is 17.0 Å². The molecule has 6 heteroatoms. The van der Waals surface area contributed by atoms with Gasteiger partial charge in [0.15, 0.2) is 0 Å². The highest BCUT2D eigenvalue weighted by atomic mass is 16.4. The fraction of sp³-hybridized carbons (Fsp3) is 0.111. The van der Waals surface area contributed by atoms with Gasteiger partial charge in [-0.25, -0.2) is 14.8 Å². The molecule has 0 fully saturated rings. The number of aryl methyl sites for hydroxylation is 1. The first-order valence-corrected chi connectivity index (χ1v) is 4.17. The third kappa shape index (κ3) is 1.35. The van der Waals surface area contributed by atoms with E-state index in [0.717, 1.165) is 0 Å². The van der Waals surface area contributed by atoms with E-state index in [1.165, 1.54) is 12.5 Å². The molecule has 0 saturated heterocycles. The summed E-state index contributed by atoms with van der Waals surface area (Å²) in [5.74, 6) is -1.25. The van der Waals surface area contributed by atoms with Crippen molar-refractivity contribution in [2.24, 2.45) is 0 Å². The van der Waals surface area contributed by atoms with Crippen LogP contribution in [0.3, 0.4) is 0 Å². The minimum Gasteiger partial charge on any atom is -0.477 e. The molecule has 15 heavy (non-hydrogen) atoms. The Morgan fingerprint density at radius 3 is 2.93 bits per heavy atom. The summed E-state index contributed by atoms with van der Waals surface area (Å²) < 4.78 is 0. The molecule has 2 aromatic heterocycles. The van der Waals surface area contributed by atoms with E-state index < -0.39 is 11.5 Å². The van der Waals surface area contributed by atoms with Gasteiger partial charge in [-0.1, -0.05) is 0 Å². The van der Waals surface area contributed by atoms with Crippen molar-refractivity contribution < 1.29 is 9.90 Å². The average molecular weight is 205 g/mol. The molecule has 2 heterocycles. The van der Waals surface area contributed by atoms with Crippen LogP contribution in [0.4, 0.5) is 0 Å². The highest BCUT2D eigenvalue weighted by Gasteiger charge is 2.15. The number of nitrogens with zero attached hydrogens (tertiary/aromatic N) is 2. The highest BCUT2D eigenvalue weighted by Crippen LogP contribution is 2.13. The second kappa shape index (κ2) is 3.16. The Balaban J connectivity index is 2.97. The van der Waals surface area contributed by atoms with E-state index in [0.29, 0.717) is 16.6 Å². The van der Waals surface area contributed by atoms with Crippen LogP contribution >= 0.6 is 0 Å². The van der Waals surface area contributed by atoms with Gasteiger partial charge >= 0.3 is 5.97 Å². The van der Waals surface area contributed by atoms with Crippen molar-refractivity contribution in [3.8, 4) is 0 Å². The molecule has 76 valence electrons. The van der Waals surface area contributed by atoms with Gasteiger partial charge in [0.05, 0.1) is 0 Å². The monoisotopic (exact) mass is 205 g/mol. The highest BCUT2D eigenvalue weighted by molar-refractivity contribution is 5.94. The zero-order valence-electron chi connectivity index (χ0n) is 7.81. The minimum atomic E-state index is -1.25. The molecule has 6 nitrogen and oxygen atoms in total. The number of carboxylic acid groups (broad SMARTS) is 1. The number of aromatic nitrogens is 3. The van der Waals surface area contributed by atoms with Gasteiger partial charge in [-0.2, -0.15) is 0 Å². The summed E-state index contributed by atoms with van der Waals surface area (Å²) in [6.07, 6.45) is 2.76. The standard InChI is InChI=1S/C9H7N3O3/c1-4-5-2-10-3-11-7(5)12-8(13)6(4)9(14)15/h2-3H,1H3,(H,14,15)(H,10,11,12,13).